The van der Waals surface area contributed by atoms with Crippen LogP contribution >= 0.6 is 0 Å². The molecule has 2 atom stereocenters. The summed E-state index contributed by atoms with van der Waals surface area (Å²) in [7, 11) is 3.21. The summed E-state index contributed by atoms with van der Waals surface area (Å²) in [5.41, 5.74) is 6.22. The smallest absolute Gasteiger partial charge is 0.406 e. The van der Waals surface area contributed by atoms with Gasteiger partial charge in [0.2, 0.25) is 0 Å². The molecule has 0 spiro atoms. The second-order valence-electron chi connectivity index (χ2n) is 10.0. The van der Waals surface area contributed by atoms with Gasteiger partial charge in [-0.15, -0.1) is 0 Å². The van der Waals surface area contributed by atoms with Gasteiger partial charge in [-0.2, -0.15) is 0 Å². The molecule has 0 fully saturated rings. The van der Waals surface area contributed by atoms with Crippen molar-refractivity contribution in [2.24, 2.45) is 5.92 Å². The van der Waals surface area contributed by atoms with Crippen LogP contribution < -0.4 is 5.32 Å². The third-order valence-corrected chi connectivity index (χ3v) is 6.75. The molecule has 0 aliphatic heterocycles. The number of aryl methyl sites for hydroxylation is 1. The van der Waals surface area contributed by atoms with E-state index in [0.717, 1.165) is 60.1 Å². The van der Waals surface area contributed by atoms with Crippen molar-refractivity contribution in [1.29, 1.82) is 0 Å². The summed E-state index contributed by atoms with van der Waals surface area (Å²) < 4.78 is 10.2. The van der Waals surface area contributed by atoms with Crippen LogP contribution in [0.4, 0.5) is 4.79 Å². The van der Waals surface area contributed by atoms with Crippen molar-refractivity contribution in [3.05, 3.63) is 58.7 Å². The van der Waals surface area contributed by atoms with E-state index in [1.807, 2.05) is 32.0 Å². The molecule has 0 bridgehead atoms. The number of hydrogen-bond acceptors (Lipinski definition) is 6. The summed E-state index contributed by atoms with van der Waals surface area (Å²) in [6.07, 6.45) is 4.26. The Morgan fingerprint density at radius 2 is 1.68 bits per heavy atom. The predicted molar refractivity (Wildman–Crippen MR) is 150 cm³/mol. The average Bonchev–Trinajstić information content (AvgIpc) is 3.21. The Hall–Kier alpha value is -3.03. The number of aliphatic hydroxyl groups is 1. The molecule has 0 aromatic heterocycles. The predicted octanol–water partition coefficient (Wildman–Crippen LogP) is 5.84. The van der Waals surface area contributed by atoms with Gasteiger partial charge >= 0.3 is 6.09 Å². The van der Waals surface area contributed by atoms with Gasteiger partial charge in [0.25, 0.3) is 0 Å². The van der Waals surface area contributed by atoms with Crippen LogP contribution in [0, 0.1) is 12.8 Å². The van der Waals surface area contributed by atoms with Crippen LogP contribution in [0.3, 0.4) is 0 Å². The van der Waals surface area contributed by atoms with Crippen molar-refractivity contribution in [3.8, 4) is 11.1 Å². The number of alkyl carbamates (subject to hydrolysis) is 1. The molecular formula is C31H43NO6. The Bertz CT molecular complexity index is 1080. The molecule has 0 saturated heterocycles. The van der Waals surface area contributed by atoms with Crippen molar-refractivity contribution in [2.75, 3.05) is 34.0 Å². The molecule has 208 valence electrons. The molecule has 2 aromatic carbocycles. The number of carbonyl (C=O) groups excluding carboxylic acids is 3. The number of ether oxygens (including phenoxy) is 2. The Balaban J connectivity index is 0.000000484. The number of methoxy groups -OCH3 is 1. The number of hydrogen-bond donors (Lipinski definition) is 2. The molecular weight excluding hydrogens is 482 g/mol. The zero-order valence-corrected chi connectivity index (χ0v) is 23.5. The van der Waals surface area contributed by atoms with Crippen LogP contribution in [0.5, 0.6) is 0 Å². The van der Waals surface area contributed by atoms with E-state index in [-0.39, 0.29) is 36.6 Å². The van der Waals surface area contributed by atoms with E-state index in [9.17, 15) is 14.4 Å². The highest BCUT2D eigenvalue weighted by Gasteiger charge is 2.30. The lowest BCUT2D eigenvalue weighted by Crippen LogP contribution is -2.22. The first-order valence-electron chi connectivity index (χ1n) is 13.4. The topological polar surface area (TPSA) is 102 Å². The van der Waals surface area contributed by atoms with Crippen molar-refractivity contribution in [3.63, 3.8) is 0 Å². The Morgan fingerprint density at radius 1 is 1.00 bits per heavy atom. The molecule has 38 heavy (non-hydrogen) atoms. The number of unbranched alkanes of at least 4 members (excludes halogenated alkanes) is 1. The maximum atomic E-state index is 12.7. The maximum Gasteiger partial charge on any atom is 0.406 e. The zero-order valence-electron chi connectivity index (χ0n) is 23.5. The van der Waals surface area contributed by atoms with Crippen LogP contribution in [0.25, 0.3) is 11.1 Å². The fourth-order valence-electron chi connectivity index (χ4n) is 4.53. The molecule has 3 rings (SSSR count). The normalized spacial score (nSPS) is 14.0. The van der Waals surface area contributed by atoms with Crippen molar-refractivity contribution in [2.45, 2.75) is 65.2 Å². The SMILES string of the molecule is CNC(=O)OCC1c2cc(C)ccc2-c2ccc(C(=O)CCCC(C)CO)cc21.COCCCCC(C)=O. The van der Waals surface area contributed by atoms with E-state index < -0.39 is 6.09 Å². The van der Waals surface area contributed by atoms with Gasteiger partial charge in [0.1, 0.15) is 12.4 Å². The highest BCUT2D eigenvalue weighted by Crippen LogP contribution is 2.45. The largest absolute Gasteiger partial charge is 0.449 e. The molecule has 0 radical (unpaired) electrons. The van der Waals surface area contributed by atoms with E-state index >= 15 is 0 Å². The van der Waals surface area contributed by atoms with Gasteiger partial charge in [-0.3, -0.25) is 4.79 Å². The Kier molecular flexibility index (Phi) is 13.2. The molecule has 0 heterocycles. The minimum atomic E-state index is -0.460. The first-order valence-corrected chi connectivity index (χ1v) is 13.4. The summed E-state index contributed by atoms with van der Waals surface area (Å²) in [5, 5.41) is 11.6. The number of carbonyl (C=O) groups is 3. The second-order valence-corrected chi connectivity index (χ2v) is 10.0. The number of aliphatic hydroxyl groups excluding tert-OH is 1. The van der Waals surface area contributed by atoms with Crippen LogP contribution in [-0.2, 0) is 14.3 Å². The first-order chi connectivity index (χ1) is 18.2. The van der Waals surface area contributed by atoms with Crippen molar-refractivity contribution < 1.29 is 29.0 Å². The Morgan fingerprint density at radius 3 is 2.32 bits per heavy atom. The molecule has 1 aliphatic rings. The van der Waals surface area contributed by atoms with Crippen LogP contribution in [-0.4, -0.2) is 56.7 Å². The minimum absolute atomic E-state index is 0.0839. The number of ketones is 2. The average molecular weight is 526 g/mol. The lowest BCUT2D eigenvalue weighted by molar-refractivity contribution is -0.117. The summed E-state index contributed by atoms with van der Waals surface area (Å²) in [4.78, 5) is 34.7. The summed E-state index contributed by atoms with van der Waals surface area (Å²) in [5.74, 6) is 0.508. The molecule has 2 aromatic rings. The van der Waals surface area contributed by atoms with Crippen molar-refractivity contribution >= 4 is 17.7 Å². The molecule has 2 unspecified atom stereocenters. The lowest BCUT2D eigenvalue weighted by Gasteiger charge is -2.15. The molecule has 1 aliphatic carbocycles. The highest BCUT2D eigenvalue weighted by atomic mass is 16.5. The van der Waals surface area contributed by atoms with E-state index in [0.29, 0.717) is 18.4 Å². The maximum absolute atomic E-state index is 12.7. The quantitative estimate of drug-likeness (QED) is 0.252. The molecule has 1 amide bonds. The third-order valence-electron chi connectivity index (χ3n) is 6.75. The number of amides is 1. The number of rotatable bonds is 13. The van der Waals surface area contributed by atoms with Gasteiger partial charge in [0, 0.05) is 51.7 Å². The monoisotopic (exact) mass is 525 g/mol. The molecule has 7 heteroatoms. The fourth-order valence-corrected chi connectivity index (χ4v) is 4.53. The summed E-state index contributed by atoms with van der Waals surface area (Å²) in [6, 6.07) is 12.2. The van der Waals surface area contributed by atoms with Gasteiger partial charge in [-0.05, 0) is 73.8 Å². The molecule has 0 saturated carbocycles. The third kappa shape index (κ3) is 9.37. The standard InChI is InChI=1S/C24H29NO4.C7H14O2/c1-15-7-9-18-19-10-8-17(23(27)6-4-5-16(2)13-26)12-21(19)22(20(18)11-15)14-29-24(28)25-3;1-7(8)5-3-4-6-9-2/h7-12,16,22,26H,4-6,13-14H2,1-3H3,(H,25,28);3-6H2,1-2H3. The lowest BCUT2D eigenvalue weighted by atomic mass is 9.94. The van der Waals surface area contributed by atoms with E-state index in [1.165, 1.54) is 7.05 Å². The van der Waals surface area contributed by atoms with E-state index in [1.54, 1.807) is 14.0 Å². The van der Waals surface area contributed by atoms with Gasteiger partial charge < -0.3 is 24.7 Å². The summed E-state index contributed by atoms with van der Waals surface area (Å²) in [6.45, 7) is 6.80. The first kappa shape index (κ1) is 31.2. The molecule has 7 nitrogen and oxygen atoms in total. The molecule has 2 N–H and O–H groups in total. The van der Waals surface area contributed by atoms with Gasteiger partial charge in [0.15, 0.2) is 5.78 Å². The van der Waals surface area contributed by atoms with E-state index in [2.05, 4.69) is 23.5 Å². The van der Waals surface area contributed by atoms with Crippen LogP contribution in [0.2, 0.25) is 0 Å². The second kappa shape index (κ2) is 16.0. The van der Waals surface area contributed by atoms with Gasteiger partial charge in [0.05, 0.1) is 0 Å². The highest BCUT2D eigenvalue weighted by molar-refractivity contribution is 5.97. The number of fused-ring (bicyclic) bond motifs is 3. The van der Waals surface area contributed by atoms with Crippen LogP contribution in [0.1, 0.15) is 85.3 Å². The zero-order chi connectivity index (χ0) is 28.1. The number of Topliss-reactive ketones (excluding diaryl/α,β-unsaturated/α-hetero) is 2. The van der Waals surface area contributed by atoms with Crippen molar-refractivity contribution in [1.82, 2.24) is 5.32 Å². The van der Waals surface area contributed by atoms with Crippen LogP contribution in [0.15, 0.2) is 36.4 Å². The van der Waals surface area contributed by atoms with E-state index in [4.69, 9.17) is 14.6 Å². The Labute approximate surface area is 226 Å². The fraction of sp³-hybridized carbons (Fsp3) is 0.516. The van der Waals surface area contributed by atoms with Gasteiger partial charge in [-0.25, -0.2) is 4.79 Å². The number of benzene rings is 2. The minimum Gasteiger partial charge on any atom is -0.449 e. The summed E-state index contributed by atoms with van der Waals surface area (Å²) >= 11 is 0. The number of nitrogens with one attached hydrogen (secondary N) is 1. The van der Waals surface area contributed by atoms with Gasteiger partial charge in [-0.1, -0.05) is 42.8 Å².